The lowest BCUT2D eigenvalue weighted by molar-refractivity contribution is -0.136. The zero-order valence-corrected chi connectivity index (χ0v) is 17.1. The number of anilines is 1. The molecule has 2 amide bonds. The molecule has 0 unspecified atom stereocenters. The molecule has 0 aliphatic heterocycles. The van der Waals surface area contributed by atoms with Crippen molar-refractivity contribution in [1.82, 2.24) is 5.43 Å². The normalized spacial score (nSPS) is 10.5. The molecule has 0 atom stereocenters. The molecule has 0 aliphatic rings. The van der Waals surface area contributed by atoms with Gasteiger partial charge in [0, 0.05) is 5.69 Å². The van der Waals surface area contributed by atoms with Crippen LogP contribution in [0.4, 0.5) is 5.69 Å². The molecule has 31 heavy (non-hydrogen) atoms. The Hall–Kier alpha value is -4.26. The summed E-state index contributed by atoms with van der Waals surface area (Å²) in [4.78, 5) is 36.0. The monoisotopic (exact) mass is 415 g/mol. The Labute approximate surface area is 179 Å². The largest absolute Gasteiger partial charge is 0.423 e. The van der Waals surface area contributed by atoms with Crippen molar-refractivity contribution in [1.29, 1.82) is 0 Å². The standard InChI is InChI=1S/C24H21N3O4/c1-16-6-5-8-19(14-16)26-22(28)23(29)27-25-15-18-10-12-20(13-11-18)31-24(30)21-9-4-3-7-17(21)2/h3-15H,1-2H3,(H,26,28)(H,27,29)/b25-15-. The number of hydrogen-bond acceptors (Lipinski definition) is 5. The highest BCUT2D eigenvalue weighted by Gasteiger charge is 2.13. The number of aryl methyl sites for hydroxylation is 2. The second kappa shape index (κ2) is 9.98. The molecular formula is C24H21N3O4. The lowest BCUT2D eigenvalue weighted by Gasteiger charge is -2.06. The van der Waals surface area contributed by atoms with Gasteiger partial charge in [0.1, 0.15) is 5.75 Å². The van der Waals surface area contributed by atoms with Gasteiger partial charge < -0.3 is 10.1 Å². The van der Waals surface area contributed by atoms with Gasteiger partial charge in [0.25, 0.3) is 0 Å². The van der Waals surface area contributed by atoms with E-state index in [1.54, 1.807) is 54.6 Å². The smallest absolute Gasteiger partial charge is 0.343 e. The van der Waals surface area contributed by atoms with E-state index in [0.717, 1.165) is 11.1 Å². The van der Waals surface area contributed by atoms with Crippen LogP contribution in [0.5, 0.6) is 5.75 Å². The van der Waals surface area contributed by atoms with Gasteiger partial charge in [0.2, 0.25) is 0 Å². The van der Waals surface area contributed by atoms with Crippen LogP contribution >= 0.6 is 0 Å². The first-order valence-electron chi connectivity index (χ1n) is 9.51. The van der Waals surface area contributed by atoms with Crippen LogP contribution in [0, 0.1) is 13.8 Å². The number of rotatable bonds is 5. The van der Waals surface area contributed by atoms with E-state index in [1.165, 1.54) is 6.21 Å². The molecule has 3 rings (SSSR count). The summed E-state index contributed by atoms with van der Waals surface area (Å²) in [5.41, 5.74) is 5.64. The zero-order valence-electron chi connectivity index (χ0n) is 17.1. The Morgan fingerprint density at radius 3 is 2.32 bits per heavy atom. The first kappa shape index (κ1) is 21.4. The molecule has 7 heteroatoms. The molecule has 0 spiro atoms. The molecule has 2 N–H and O–H groups in total. The Morgan fingerprint density at radius 2 is 1.61 bits per heavy atom. The molecule has 0 saturated carbocycles. The summed E-state index contributed by atoms with van der Waals surface area (Å²) in [6.45, 7) is 3.72. The predicted molar refractivity (Wildman–Crippen MR) is 118 cm³/mol. The number of amides is 2. The maximum atomic E-state index is 12.2. The highest BCUT2D eigenvalue weighted by molar-refractivity contribution is 6.39. The number of carbonyl (C=O) groups excluding carboxylic acids is 3. The Bertz CT molecular complexity index is 1140. The SMILES string of the molecule is Cc1cccc(NC(=O)C(=O)N/N=C\c2ccc(OC(=O)c3ccccc3C)cc2)c1. The lowest BCUT2D eigenvalue weighted by atomic mass is 10.1. The zero-order chi connectivity index (χ0) is 22.2. The van der Waals surface area contributed by atoms with Crippen LogP contribution in [0.1, 0.15) is 27.0 Å². The molecular weight excluding hydrogens is 394 g/mol. The fourth-order valence-electron chi connectivity index (χ4n) is 2.71. The van der Waals surface area contributed by atoms with E-state index in [0.29, 0.717) is 22.6 Å². The molecule has 0 saturated heterocycles. The molecule has 0 bridgehead atoms. The molecule has 3 aromatic carbocycles. The topological polar surface area (TPSA) is 96.9 Å². The minimum Gasteiger partial charge on any atom is -0.423 e. The van der Waals surface area contributed by atoms with Crippen LogP contribution in [0.3, 0.4) is 0 Å². The average molecular weight is 415 g/mol. The molecule has 156 valence electrons. The minimum atomic E-state index is -0.887. The summed E-state index contributed by atoms with van der Waals surface area (Å²) >= 11 is 0. The fourth-order valence-corrected chi connectivity index (χ4v) is 2.71. The van der Waals surface area contributed by atoms with E-state index in [-0.39, 0.29) is 0 Å². The van der Waals surface area contributed by atoms with Crippen LogP contribution in [-0.2, 0) is 9.59 Å². The summed E-state index contributed by atoms with van der Waals surface area (Å²) in [6.07, 6.45) is 1.38. The number of hydrogen-bond donors (Lipinski definition) is 2. The quantitative estimate of drug-likeness (QED) is 0.219. The van der Waals surface area contributed by atoms with Gasteiger partial charge in [-0.05, 0) is 73.0 Å². The summed E-state index contributed by atoms with van der Waals surface area (Å²) in [6, 6.07) is 20.8. The van der Waals surface area contributed by atoms with Gasteiger partial charge in [0.15, 0.2) is 0 Å². The van der Waals surface area contributed by atoms with Gasteiger partial charge in [-0.3, -0.25) is 9.59 Å². The highest BCUT2D eigenvalue weighted by atomic mass is 16.5. The van der Waals surface area contributed by atoms with Crippen LogP contribution in [0.2, 0.25) is 0 Å². The van der Waals surface area contributed by atoms with Crippen LogP contribution < -0.4 is 15.5 Å². The number of carbonyl (C=O) groups is 3. The van der Waals surface area contributed by atoms with Gasteiger partial charge in [-0.25, -0.2) is 10.2 Å². The van der Waals surface area contributed by atoms with Crippen LogP contribution in [0.25, 0.3) is 0 Å². The van der Waals surface area contributed by atoms with E-state index in [2.05, 4.69) is 15.8 Å². The highest BCUT2D eigenvalue weighted by Crippen LogP contribution is 2.15. The van der Waals surface area contributed by atoms with Gasteiger partial charge >= 0.3 is 17.8 Å². The maximum Gasteiger partial charge on any atom is 0.343 e. The van der Waals surface area contributed by atoms with E-state index in [4.69, 9.17) is 4.74 Å². The Balaban J connectivity index is 1.52. The third kappa shape index (κ3) is 6.11. The molecule has 7 nitrogen and oxygen atoms in total. The lowest BCUT2D eigenvalue weighted by Crippen LogP contribution is -2.32. The fraction of sp³-hybridized carbons (Fsp3) is 0.0833. The van der Waals surface area contributed by atoms with E-state index >= 15 is 0 Å². The molecule has 3 aromatic rings. The van der Waals surface area contributed by atoms with Gasteiger partial charge in [0.05, 0.1) is 11.8 Å². The Kier molecular flexibility index (Phi) is 6.90. The van der Waals surface area contributed by atoms with Crippen molar-refractivity contribution in [3.63, 3.8) is 0 Å². The van der Waals surface area contributed by atoms with E-state index in [1.807, 2.05) is 32.0 Å². The van der Waals surface area contributed by atoms with Crippen molar-refractivity contribution in [3.05, 3.63) is 95.1 Å². The number of benzene rings is 3. The number of nitrogens with zero attached hydrogens (tertiary/aromatic N) is 1. The first-order chi connectivity index (χ1) is 14.9. The summed E-state index contributed by atoms with van der Waals surface area (Å²) in [7, 11) is 0. The molecule has 0 fully saturated rings. The second-order valence-corrected chi connectivity index (χ2v) is 6.80. The molecule has 0 heterocycles. The number of esters is 1. The first-order valence-corrected chi connectivity index (χ1v) is 9.51. The molecule has 0 aromatic heterocycles. The van der Waals surface area contributed by atoms with Gasteiger partial charge in [-0.15, -0.1) is 0 Å². The van der Waals surface area contributed by atoms with Crippen molar-refractivity contribution in [3.8, 4) is 5.75 Å². The predicted octanol–water partition coefficient (Wildman–Crippen LogP) is 3.61. The average Bonchev–Trinajstić information content (AvgIpc) is 2.75. The summed E-state index contributed by atoms with van der Waals surface area (Å²) in [5, 5.41) is 6.28. The van der Waals surface area contributed by atoms with Crippen molar-refractivity contribution < 1.29 is 19.1 Å². The summed E-state index contributed by atoms with van der Waals surface area (Å²) < 4.78 is 5.37. The maximum absolute atomic E-state index is 12.2. The van der Waals surface area contributed by atoms with E-state index in [9.17, 15) is 14.4 Å². The number of hydrazone groups is 1. The second-order valence-electron chi connectivity index (χ2n) is 6.80. The van der Waals surface area contributed by atoms with Crippen molar-refractivity contribution in [2.75, 3.05) is 5.32 Å². The van der Waals surface area contributed by atoms with Crippen LogP contribution in [-0.4, -0.2) is 24.0 Å². The summed E-state index contributed by atoms with van der Waals surface area (Å²) in [5.74, 6) is -1.76. The number of ether oxygens (including phenoxy) is 1. The van der Waals surface area contributed by atoms with Gasteiger partial charge in [-0.1, -0.05) is 30.3 Å². The molecule has 0 aliphatic carbocycles. The van der Waals surface area contributed by atoms with Crippen molar-refractivity contribution in [2.24, 2.45) is 5.10 Å². The van der Waals surface area contributed by atoms with Gasteiger partial charge in [-0.2, -0.15) is 5.10 Å². The van der Waals surface area contributed by atoms with E-state index < -0.39 is 17.8 Å². The third-order valence-electron chi connectivity index (χ3n) is 4.32. The molecule has 0 radical (unpaired) electrons. The number of nitrogens with one attached hydrogen (secondary N) is 2. The minimum absolute atomic E-state index is 0.381. The Morgan fingerprint density at radius 1 is 0.871 bits per heavy atom. The van der Waals surface area contributed by atoms with Crippen molar-refractivity contribution in [2.45, 2.75) is 13.8 Å². The third-order valence-corrected chi connectivity index (χ3v) is 4.32. The van der Waals surface area contributed by atoms with Crippen molar-refractivity contribution >= 4 is 29.7 Å². The van der Waals surface area contributed by atoms with Crippen LogP contribution in [0.15, 0.2) is 77.9 Å².